The fourth-order valence-electron chi connectivity index (χ4n) is 2.42. The zero-order valence-electron chi connectivity index (χ0n) is 11.9. The fourth-order valence-corrected chi connectivity index (χ4v) is 2.42. The van der Waals surface area contributed by atoms with E-state index in [2.05, 4.69) is 5.32 Å². The number of carbonyl (C=O) groups is 2. The number of rotatable bonds is 4. The molecule has 1 amide bonds. The Morgan fingerprint density at radius 2 is 2.00 bits per heavy atom. The van der Waals surface area contributed by atoms with Gasteiger partial charge in [-0.25, -0.2) is 0 Å². The molecule has 0 atom stereocenters. The first-order chi connectivity index (χ1) is 9.69. The molecule has 1 aliphatic carbocycles. The SMILES string of the molecule is CCC(=O)Oc1cccc(C(=O)NC2CCCCC2)c1. The standard InChI is InChI=1S/C16H21NO3/c1-2-15(18)20-14-10-6-7-12(11-14)16(19)17-13-8-4-3-5-9-13/h6-7,10-11,13H,2-5,8-9H2,1H3,(H,17,19). The molecule has 1 aromatic carbocycles. The highest BCUT2D eigenvalue weighted by molar-refractivity contribution is 5.94. The van der Waals surface area contributed by atoms with Crippen molar-refractivity contribution in [1.82, 2.24) is 5.32 Å². The van der Waals surface area contributed by atoms with Crippen molar-refractivity contribution in [1.29, 1.82) is 0 Å². The summed E-state index contributed by atoms with van der Waals surface area (Å²) in [6, 6.07) is 7.05. The van der Waals surface area contributed by atoms with Crippen LogP contribution in [0.4, 0.5) is 0 Å². The molecule has 0 saturated heterocycles. The molecule has 1 aliphatic rings. The molecule has 0 aromatic heterocycles. The molecule has 1 fully saturated rings. The van der Waals surface area contributed by atoms with Crippen LogP contribution in [0.2, 0.25) is 0 Å². The number of esters is 1. The number of nitrogens with one attached hydrogen (secondary N) is 1. The molecule has 4 heteroatoms. The first kappa shape index (κ1) is 14.6. The normalized spacial score (nSPS) is 15.7. The Balaban J connectivity index is 1.98. The summed E-state index contributed by atoms with van der Waals surface area (Å²) in [5.74, 6) is 0.0364. The predicted molar refractivity (Wildman–Crippen MR) is 76.7 cm³/mol. The highest BCUT2D eigenvalue weighted by atomic mass is 16.5. The summed E-state index contributed by atoms with van der Waals surface area (Å²) in [7, 11) is 0. The minimum atomic E-state index is -0.296. The zero-order chi connectivity index (χ0) is 14.4. The van der Waals surface area contributed by atoms with Gasteiger partial charge in [-0.15, -0.1) is 0 Å². The van der Waals surface area contributed by atoms with Crippen LogP contribution in [0, 0.1) is 0 Å². The Labute approximate surface area is 119 Å². The van der Waals surface area contributed by atoms with Crippen LogP contribution in [-0.2, 0) is 4.79 Å². The molecular formula is C16H21NO3. The van der Waals surface area contributed by atoms with E-state index in [1.165, 1.54) is 19.3 Å². The molecule has 0 spiro atoms. The summed E-state index contributed by atoms with van der Waals surface area (Å²) in [6.07, 6.45) is 6.04. The Morgan fingerprint density at radius 3 is 2.70 bits per heavy atom. The largest absolute Gasteiger partial charge is 0.427 e. The van der Waals surface area contributed by atoms with Crippen molar-refractivity contribution in [3.63, 3.8) is 0 Å². The average molecular weight is 275 g/mol. The second-order valence-electron chi connectivity index (χ2n) is 5.16. The van der Waals surface area contributed by atoms with Gasteiger partial charge in [0, 0.05) is 18.0 Å². The van der Waals surface area contributed by atoms with Gasteiger partial charge in [-0.05, 0) is 31.0 Å². The Hall–Kier alpha value is -1.84. The quantitative estimate of drug-likeness (QED) is 0.678. The lowest BCUT2D eigenvalue weighted by Gasteiger charge is -2.22. The van der Waals surface area contributed by atoms with E-state index in [9.17, 15) is 9.59 Å². The molecule has 0 unspecified atom stereocenters. The van der Waals surface area contributed by atoms with Crippen LogP contribution in [0.15, 0.2) is 24.3 Å². The van der Waals surface area contributed by atoms with Gasteiger partial charge in [0.05, 0.1) is 0 Å². The minimum Gasteiger partial charge on any atom is -0.427 e. The molecule has 0 heterocycles. The zero-order valence-corrected chi connectivity index (χ0v) is 11.9. The summed E-state index contributed by atoms with van der Waals surface area (Å²) >= 11 is 0. The Kier molecular flexibility index (Phi) is 5.16. The molecular weight excluding hydrogens is 254 g/mol. The highest BCUT2D eigenvalue weighted by Crippen LogP contribution is 2.19. The molecule has 0 radical (unpaired) electrons. The summed E-state index contributed by atoms with van der Waals surface area (Å²) in [5, 5.41) is 3.05. The van der Waals surface area contributed by atoms with Gasteiger partial charge in [0.2, 0.25) is 0 Å². The van der Waals surface area contributed by atoms with E-state index in [-0.39, 0.29) is 17.9 Å². The van der Waals surface area contributed by atoms with Gasteiger partial charge in [0.25, 0.3) is 5.91 Å². The molecule has 1 N–H and O–H groups in total. The van der Waals surface area contributed by atoms with Crippen LogP contribution in [0.3, 0.4) is 0 Å². The maximum Gasteiger partial charge on any atom is 0.310 e. The van der Waals surface area contributed by atoms with Crippen molar-refractivity contribution in [2.45, 2.75) is 51.5 Å². The number of amides is 1. The summed E-state index contributed by atoms with van der Waals surface area (Å²) in [4.78, 5) is 23.4. The van der Waals surface area contributed by atoms with E-state index in [4.69, 9.17) is 4.74 Å². The number of carbonyl (C=O) groups excluding carboxylic acids is 2. The first-order valence-corrected chi connectivity index (χ1v) is 7.30. The number of hydrogen-bond donors (Lipinski definition) is 1. The van der Waals surface area contributed by atoms with Crippen LogP contribution >= 0.6 is 0 Å². The second kappa shape index (κ2) is 7.08. The highest BCUT2D eigenvalue weighted by Gasteiger charge is 2.17. The number of benzene rings is 1. The maximum absolute atomic E-state index is 12.2. The molecule has 2 rings (SSSR count). The number of hydrogen-bond acceptors (Lipinski definition) is 3. The van der Waals surface area contributed by atoms with Crippen molar-refractivity contribution in [2.75, 3.05) is 0 Å². The molecule has 108 valence electrons. The molecule has 1 saturated carbocycles. The second-order valence-corrected chi connectivity index (χ2v) is 5.16. The fraction of sp³-hybridized carbons (Fsp3) is 0.500. The van der Waals surface area contributed by atoms with Crippen LogP contribution in [-0.4, -0.2) is 17.9 Å². The molecule has 20 heavy (non-hydrogen) atoms. The number of ether oxygens (including phenoxy) is 1. The van der Waals surface area contributed by atoms with Gasteiger partial charge >= 0.3 is 5.97 Å². The molecule has 0 aliphatic heterocycles. The third kappa shape index (κ3) is 4.08. The van der Waals surface area contributed by atoms with Crippen molar-refractivity contribution < 1.29 is 14.3 Å². The van der Waals surface area contributed by atoms with Crippen molar-refractivity contribution in [2.24, 2.45) is 0 Å². The van der Waals surface area contributed by atoms with Crippen LogP contribution in [0.25, 0.3) is 0 Å². The Morgan fingerprint density at radius 1 is 1.25 bits per heavy atom. The van der Waals surface area contributed by atoms with E-state index in [0.717, 1.165) is 12.8 Å². The van der Waals surface area contributed by atoms with Gasteiger partial charge in [-0.2, -0.15) is 0 Å². The maximum atomic E-state index is 12.2. The van der Waals surface area contributed by atoms with E-state index in [0.29, 0.717) is 17.7 Å². The van der Waals surface area contributed by atoms with E-state index >= 15 is 0 Å². The van der Waals surface area contributed by atoms with E-state index < -0.39 is 0 Å². The van der Waals surface area contributed by atoms with Crippen LogP contribution in [0.1, 0.15) is 55.8 Å². The van der Waals surface area contributed by atoms with Gasteiger partial charge in [-0.1, -0.05) is 32.3 Å². The van der Waals surface area contributed by atoms with Gasteiger partial charge < -0.3 is 10.1 Å². The Bertz CT molecular complexity index is 478. The van der Waals surface area contributed by atoms with E-state index in [1.54, 1.807) is 31.2 Å². The van der Waals surface area contributed by atoms with Crippen LogP contribution < -0.4 is 10.1 Å². The topological polar surface area (TPSA) is 55.4 Å². The predicted octanol–water partition coefficient (Wildman–Crippen LogP) is 3.06. The average Bonchev–Trinajstić information content (AvgIpc) is 2.48. The third-order valence-electron chi connectivity index (χ3n) is 3.56. The van der Waals surface area contributed by atoms with Gasteiger partial charge in [-0.3, -0.25) is 9.59 Å². The van der Waals surface area contributed by atoms with E-state index in [1.807, 2.05) is 0 Å². The monoisotopic (exact) mass is 275 g/mol. The first-order valence-electron chi connectivity index (χ1n) is 7.30. The van der Waals surface area contributed by atoms with Crippen LogP contribution in [0.5, 0.6) is 5.75 Å². The lowest BCUT2D eigenvalue weighted by molar-refractivity contribution is -0.134. The lowest BCUT2D eigenvalue weighted by atomic mass is 9.95. The smallest absolute Gasteiger partial charge is 0.310 e. The van der Waals surface area contributed by atoms with Crippen molar-refractivity contribution >= 4 is 11.9 Å². The molecule has 1 aromatic rings. The summed E-state index contributed by atoms with van der Waals surface area (Å²) in [5.41, 5.74) is 0.539. The van der Waals surface area contributed by atoms with Crippen molar-refractivity contribution in [3.05, 3.63) is 29.8 Å². The van der Waals surface area contributed by atoms with Gasteiger partial charge in [0.15, 0.2) is 0 Å². The van der Waals surface area contributed by atoms with Gasteiger partial charge in [0.1, 0.15) is 5.75 Å². The third-order valence-corrected chi connectivity index (χ3v) is 3.56. The lowest BCUT2D eigenvalue weighted by Crippen LogP contribution is -2.36. The summed E-state index contributed by atoms with van der Waals surface area (Å²) in [6.45, 7) is 1.74. The minimum absolute atomic E-state index is 0.0914. The molecule has 4 nitrogen and oxygen atoms in total. The van der Waals surface area contributed by atoms with Crippen molar-refractivity contribution in [3.8, 4) is 5.75 Å². The summed E-state index contributed by atoms with van der Waals surface area (Å²) < 4.78 is 5.13. The molecule has 0 bridgehead atoms.